The van der Waals surface area contributed by atoms with Crippen LogP contribution in [0.25, 0.3) is 11.1 Å². The summed E-state index contributed by atoms with van der Waals surface area (Å²) in [6.45, 7) is 2.60. The minimum absolute atomic E-state index is 0.0351. The lowest BCUT2D eigenvalue weighted by atomic mass is 10.3. The maximum absolute atomic E-state index is 13.0. The van der Waals surface area contributed by atoms with E-state index < -0.39 is 0 Å². The molecular weight excluding hydrogens is 386 g/mol. The van der Waals surface area contributed by atoms with Gasteiger partial charge in [-0.05, 0) is 43.3 Å². The lowest BCUT2D eigenvalue weighted by Crippen LogP contribution is -2.33. The Bertz CT molecular complexity index is 1150. The number of pyridine rings is 1. The van der Waals surface area contributed by atoms with Gasteiger partial charge < -0.3 is 4.90 Å². The van der Waals surface area contributed by atoms with E-state index in [1.165, 1.54) is 11.3 Å². The Labute approximate surface area is 164 Å². The summed E-state index contributed by atoms with van der Waals surface area (Å²) >= 11 is 9.25. The van der Waals surface area contributed by atoms with Gasteiger partial charge in [0.05, 0.1) is 11.4 Å². The topological polar surface area (TPSA) is 38.1 Å². The number of rotatable bonds is 2. The van der Waals surface area contributed by atoms with Crippen molar-refractivity contribution in [1.82, 2.24) is 9.55 Å². The van der Waals surface area contributed by atoms with E-state index in [4.69, 9.17) is 11.6 Å². The number of nitrogens with zero attached hydrogens (tertiary/aromatic N) is 3. The van der Waals surface area contributed by atoms with E-state index in [9.17, 15) is 4.79 Å². The van der Waals surface area contributed by atoms with Crippen molar-refractivity contribution >= 4 is 51.5 Å². The van der Waals surface area contributed by atoms with Gasteiger partial charge in [0.25, 0.3) is 5.56 Å². The van der Waals surface area contributed by atoms with E-state index in [0.717, 1.165) is 30.5 Å². The molecule has 0 bridgehead atoms. The molecule has 0 saturated heterocycles. The lowest BCUT2D eigenvalue weighted by Gasteiger charge is -2.12. The van der Waals surface area contributed by atoms with E-state index >= 15 is 0 Å². The van der Waals surface area contributed by atoms with Crippen molar-refractivity contribution < 1.29 is 0 Å². The Morgan fingerprint density at radius 1 is 1.27 bits per heavy atom. The van der Waals surface area contributed by atoms with Crippen molar-refractivity contribution in [3.8, 4) is 0 Å². The largest absolute Gasteiger partial charge is 0.337 e. The number of hydrogen-bond donors (Lipinski definition) is 0. The van der Waals surface area contributed by atoms with Gasteiger partial charge in [-0.1, -0.05) is 29.4 Å². The number of benzene rings is 1. The maximum atomic E-state index is 13.0. The zero-order valence-electron chi connectivity index (χ0n) is 14.3. The van der Waals surface area contributed by atoms with Gasteiger partial charge in [0.2, 0.25) is 0 Å². The molecule has 0 unspecified atom stereocenters. The molecule has 0 saturated carbocycles. The Morgan fingerprint density at radius 3 is 2.85 bits per heavy atom. The minimum atomic E-state index is 0.0351. The minimum Gasteiger partial charge on any atom is -0.337 e. The van der Waals surface area contributed by atoms with Crippen molar-refractivity contribution in [3.05, 3.63) is 72.9 Å². The summed E-state index contributed by atoms with van der Waals surface area (Å²) in [5.74, 6) is 0. The van der Waals surface area contributed by atoms with Crippen LogP contribution in [0.4, 0.5) is 5.69 Å². The van der Waals surface area contributed by atoms with Gasteiger partial charge >= 0.3 is 0 Å². The second kappa shape index (κ2) is 6.95. The van der Waals surface area contributed by atoms with Gasteiger partial charge in [0.1, 0.15) is 14.2 Å². The summed E-state index contributed by atoms with van der Waals surface area (Å²) in [6, 6.07) is 11.6. The SMILES string of the molecule is CCn1c(=O)/c(=C2\Sc3ccc(Cl)cc3N2C)s/c1=C\c1ccccn1. The van der Waals surface area contributed by atoms with Gasteiger partial charge in [-0.25, -0.2) is 0 Å². The molecule has 1 aliphatic rings. The third kappa shape index (κ3) is 2.98. The number of anilines is 1. The number of hydrogen-bond acceptors (Lipinski definition) is 5. The number of thioether (sulfide) groups is 1. The molecule has 0 N–H and O–H groups in total. The predicted octanol–water partition coefficient (Wildman–Crippen LogP) is 3.11. The molecule has 0 radical (unpaired) electrons. The molecule has 3 aromatic rings. The van der Waals surface area contributed by atoms with Crippen molar-refractivity contribution in [2.45, 2.75) is 18.4 Å². The third-order valence-corrected chi connectivity index (χ3v) is 6.90. The van der Waals surface area contributed by atoms with E-state index in [2.05, 4.69) is 4.98 Å². The first-order valence-corrected chi connectivity index (χ1v) is 10.2. The fraction of sp³-hybridized carbons (Fsp3) is 0.158. The Balaban J connectivity index is 1.93. The highest BCUT2D eigenvalue weighted by molar-refractivity contribution is 8.08. The van der Waals surface area contributed by atoms with E-state index in [1.807, 2.05) is 61.3 Å². The molecule has 132 valence electrons. The third-order valence-electron chi connectivity index (χ3n) is 4.18. The quantitative estimate of drug-likeness (QED) is 0.661. The van der Waals surface area contributed by atoms with Crippen molar-refractivity contribution in [2.24, 2.45) is 0 Å². The second-order valence-corrected chi connectivity index (χ2v) is 8.29. The Hall–Kier alpha value is -2.02. The van der Waals surface area contributed by atoms with E-state index in [1.54, 1.807) is 22.5 Å². The average molecular weight is 402 g/mol. The number of halogens is 1. The van der Waals surface area contributed by atoms with Crippen molar-refractivity contribution in [2.75, 3.05) is 11.9 Å². The summed E-state index contributed by atoms with van der Waals surface area (Å²) in [6.07, 6.45) is 3.72. The molecular formula is C19H16ClN3OS2. The summed E-state index contributed by atoms with van der Waals surface area (Å²) in [4.78, 5) is 20.5. The van der Waals surface area contributed by atoms with Gasteiger partial charge in [0, 0.05) is 29.7 Å². The fourth-order valence-electron chi connectivity index (χ4n) is 2.88. The van der Waals surface area contributed by atoms with Crippen LogP contribution in [-0.2, 0) is 6.54 Å². The molecule has 0 amide bonds. The van der Waals surface area contributed by atoms with Crippen LogP contribution in [0.15, 0.2) is 52.3 Å². The first-order valence-electron chi connectivity index (χ1n) is 8.16. The van der Waals surface area contributed by atoms with E-state index in [0.29, 0.717) is 11.6 Å². The van der Waals surface area contributed by atoms with Gasteiger partial charge in [-0.3, -0.25) is 14.3 Å². The molecule has 26 heavy (non-hydrogen) atoms. The second-order valence-electron chi connectivity index (χ2n) is 5.80. The summed E-state index contributed by atoms with van der Waals surface area (Å²) in [5.41, 5.74) is 1.91. The predicted molar refractivity (Wildman–Crippen MR) is 110 cm³/mol. The normalized spacial score (nSPS) is 16.3. The zero-order chi connectivity index (χ0) is 18.3. The molecule has 4 rings (SSSR count). The molecule has 0 atom stereocenters. The molecule has 1 aliphatic heterocycles. The van der Waals surface area contributed by atoms with Crippen LogP contribution < -0.4 is 19.7 Å². The number of fused-ring (bicyclic) bond motifs is 1. The summed E-state index contributed by atoms with van der Waals surface area (Å²) in [7, 11) is 1.97. The van der Waals surface area contributed by atoms with Crippen molar-refractivity contribution in [3.63, 3.8) is 0 Å². The Morgan fingerprint density at radius 2 is 2.12 bits per heavy atom. The molecule has 2 aromatic heterocycles. The highest BCUT2D eigenvalue weighted by atomic mass is 35.5. The van der Waals surface area contributed by atoms with Crippen LogP contribution in [0.2, 0.25) is 5.02 Å². The van der Waals surface area contributed by atoms with Gasteiger partial charge in [-0.2, -0.15) is 0 Å². The highest BCUT2D eigenvalue weighted by Gasteiger charge is 2.24. The van der Waals surface area contributed by atoms with Crippen LogP contribution in [-0.4, -0.2) is 16.6 Å². The van der Waals surface area contributed by atoms with Gasteiger partial charge in [0.15, 0.2) is 0 Å². The molecule has 4 nitrogen and oxygen atoms in total. The highest BCUT2D eigenvalue weighted by Crippen LogP contribution is 2.46. The van der Waals surface area contributed by atoms with E-state index in [-0.39, 0.29) is 5.56 Å². The first kappa shape index (κ1) is 17.4. The number of thiazole rings is 1. The molecule has 3 heterocycles. The molecule has 1 aromatic carbocycles. The number of aromatic nitrogens is 2. The summed E-state index contributed by atoms with van der Waals surface area (Å²) < 4.78 is 3.45. The van der Waals surface area contributed by atoms with Crippen LogP contribution in [0.5, 0.6) is 0 Å². The fourth-order valence-corrected chi connectivity index (χ4v) is 5.48. The van der Waals surface area contributed by atoms with Gasteiger partial charge in [-0.15, -0.1) is 11.3 Å². The van der Waals surface area contributed by atoms with Crippen molar-refractivity contribution in [1.29, 1.82) is 0 Å². The van der Waals surface area contributed by atoms with Crippen LogP contribution >= 0.6 is 34.7 Å². The molecule has 0 fully saturated rings. The van der Waals surface area contributed by atoms with Crippen LogP contribution in [0.3, 0.4) is 0 Å². The molecule has 0 spiro atoms. The lowest BCUT2D eigenvalue weighted by molar-refractivity contribution is 0.722. The maximum Gasteiger partial charge on any atom is 0.271 e. The van der Waals surface area contributed by atoms with Crippen LogP contribution in [0, 0.1) is 0 Å². The molecule has 0 aliphatic carbocycles. The first-order chi connectivity index (χ1) is 12.6. The molecule has 7 heteroatoms. The smallest absolute Gasteiger partial charge is 0.271 e. The monoisotopic (exact) mass is 401 g/mol. The standard InChI is InChI=1S/C19H16ClN3OS2/c1-3-23-16(11-13-6-4-5-9-21-13)26-17(18(23)24)19-22(2)14-10-12(20)7-8-15(14)25-19/h4-11H,3H2,1-2H3/b16-11-,19-17+. The average Bonchev–Trinajstić information content (AvgIpc) is 3.12. The summed E-state index contributed by atoms with van der Waals surface area (Å²) in [5, 5.41) is 1.64. The Kier molecular flexibility index (Phi) is 4.65. The van der Waals surface area contributed by atoms with Crippen LogP contribution in [0.1, 0.15) is 12.6 Å². The zero-order valence-corrected chi connectivity index (χ0v) is 16.7.